The Hall–Kier alpha value is -1.55. The van der Waals surface area contributed by atoms with E-state index in [4.69, 9.17) is 5.73 Å². The number of nitrogens with one attached hydrogen (secondary N) is 1. The highest BCUT2D eigenvalue weighted by Crippen LogP contribution is 2.15. The highest BCUT2D eigenvalue weighted by Gasteiger charge is 2.22. The van der Waals surface area contributed by atoms with Gasteiger partial charge < -0.3 is 11.1 Å². The number of carbonyl (C=O) groups is 1. The lowest BCUT2D eigenvalue weighted by molar-refractivity contribution is -0.121. The fourth-order valence-electron chi connectivity index (χ4n) is 2.80. The van der Waals surface area contributed by atoms with Gasteiger partial charge in [-0.2, -0.15) is 0 Å². The SMILES string of the molecule is CCN1CCCC1CNC(=O)CCc1ccc(N)cc1. The van der Waals surface area contributed by atoms with Crippen LogP contribution in [0.3, 0.4) is 0 Å². The van der Waals surface area contributed by atoms with Gasteiger partial charge in [0, 0.05) is 24.7 Å². The first kappa shape index (κ1) is 14.9. The van der Waals surface area contributed by atoms with Gasteiger partial charge in [0.1, 0.15) is 0 Å². The van der Waals surface area contributed by atoms with Crippen LogP contribution < -0.4 is 11.1 Å². The van der Waals surface area contributed by atoms with Gasteiger partial charge >= 0.3 is 0 Å². The minimum Gasteiger partial charge on any atom is -0.399 e. The molecule has 20 heavy (non-hydrogen) atoms. The van der Waals surface area contributed by atoms with E-state index in [0.29, 0.717) is 12.5 Å². The Morgan fingerprint density at radius 1 is 1.40 bits per heavy atom. The maximum Gasteiger partial charge on any atom is 0.220 e. The fraction of sp³-hybridized carbons (Fsp3) is 0.562. The van der Waals surface area contributed by atoms with E-state index in [1.54, 1.807) is 0 Å². The summed E-state index contributed by atoms with van der Waals surface area (Å²) in [5.74, 6) is 0.143. The second-order valence-corrected chi connectivity index (χ2v) is 5.47. The van der Waals surface area contributed by atoms with E-state index in [9.17, 15) is 4.79 Å². The zero-order chi connectivity index (χ0) is 14.4. The molecule has 4 nitrogen and oxygen atoms in total. The molecule has 2 rings (SSSR count). The van der Waals surface area contributed by atoms with Crippen LogP contribution in [0.5, 0.6) is 0 Å². The molecule has 3 N–H and O–H groups in total. The van der Waals surface area contributed by atoms with Crippen molar-refractivity contribution in [1.82, 2.24) is 10.2 Å². The summed E-state index contributed by atoms with van der Waals surface area (Å²) in [6, 6.07) is 8.26. The Balaban J connectivity index is 1.69. The molecule has 110 valence electrons. The van der Waals surface area contributed by atoms with Crippen LogP contribution in [-0.4, -0.2) is 36.5 Å². The fourth-order valence-corrected chi connectivity index (χ4v) is 2.80. The minimum absolute atomic E-state index is 0.143. The summed E-state index contributed by atoms with van der Waals surface area (Å²) in [5.41, 5.74) is 7.56. The first-order valence-corrected chi connectivity index (χ1v) is 7.54. The summed E-state index contributed by atoms with van der Waals surface area (Å²) in [5, 5.41) is 3.07. The third-order valence-corrected chi connectivity index (χ3v) is 4.06. The molecule has 0 spiro atoms. The van der Waals surface area contributed by atoms with Crippen molar-refractivity contribution < 1.29 is 4.79 Å². The Bertz CT molecular complexity index is 430. The summed E-state index contributed by atoms with van der Waals surface area (Å²) in [4.78, 5) is 14.3. The molecular weight excluding hydrogens is 250 g/mol. The average molecular weight is 275 g/mol. The largest absolute Gasteiger partial charge is 0.399 e. The molecule has 0 aliphatic carbocycles. The predicted molar refractivity (Wildman–Crippen MR) is 82.5 cm³/mol. The zero-order valence-corrected chi connectivity index (χ0v) is 12.3. The number of nitrogens with two attached hydrogens (primary N) is 1. The molecule has 4 heteroatoms. The lowest BCUT2D eigenvalue weighted by Gasteiger charge is -2.22. The molecule has 0 saturated carbocycles. The van der Waals surface area contributed by atoms with Crippen molar-refractivity contribution >= 4 is 11.6 Å². The number of benzene rings is 1. The van der Waals surface area contributed by atoms with Crippen LogP contribution in [0.2, 0.25) is 0 Å². The molecule has 1 fully saturated rings. The normalized spacial score (nSPS) is 19.1. The summed E-state index contributed by atoms with van der Waals surface area (Å²) in [6.45, 7) is 5.21. The minimum atomic E-state index is 0.143. The van der Waals surface area contributed by atoms with Crippen molar-refractivity contribution in [3.63, 3.8) is 0 Å². The number of hydrogen-bond donors (Lipinski definition) is 2. The molecule has 1 unspecified atom stereocenters. The smallest absolute Gasteiger partial charge is 0.220 e. The van der Waals surface area contributed by atoms with E-state index in [-0.39, 0.29) is 5.91 Å². The Kier molecular flexibility index (Phi) is 5.41. The monoisotopic (exact) mass is 275 g/mol. The number of carbonyl (C=O) groups excluding carboxylic acids is 1. The molecule has 0 radical (unpaired) electrons. The zero-order valence-electron chi connectivity index (χ0n) is 12.3. The first-order chi connectivity index (χ1) is 9.69. The van der Waals surface area contributed by atoms with Crippen LogP contribution in [0.15, 0.2) is 24.3 Å². The molecule has 1 heterocycles. The van der Waals surface area contributed by atoms with Gasteiger partial charge in [-0.05, 0) is 50.0 Å². The van der Waals surface area contributed by atoms with Gasteiger partial charge in [-0.3, -0.25) is 9.69 Å². The topological polar surface area (TPSA) is 58.4 Å². The number of anilines is 1. The van der Waals surface area contributed by atoms with E-state index >= 15 is 0 Å². The molecule has 1 aliphatic rings. The standard InChI is InChI=1S/C16H25N3O/c1-2-19-11-3-4-15(19)12-18-16(20)10-7-13-5-8-14(17)9-6-13/h5-6,8-9,15H,2-4,7,10-12,17H2,1H3,(H,18,20). The molecule has 1 atom stereocenters. The van der Waals surface area contributed by atoms with Gasteiger partial charge in [0.25, 0.3) is 0 Å². The summed E-state index contributed by atoms with van der Waals surface area (Å²) < 4.78 is 0. The molecule has 1 amide bonds. The summed E-state index contributed by atoms with van der Waals surface area (Å²) in [7, 11) is 0. The van der Waals surface area contributed by atoms with Crippen molar-refractivity contribution in [2.24, 2.45) is 0 Å². The van der Waals surface area contributed by atoms with Crippen molar-refractivity contribution in [3.05, 3.63) is 29.8 Å². The van der Waals surface area contributed by atoms with Gasteiger partial charge in [0.2, 0.25) is 5.91 Å². The Morgan fingerprint density at radius 3 is 2.85 bits per heavy atom. The number of likely N-dealkylation sites (N-methyl/N-ethyl adjacent to an activating group) is 1. The Labute approximate surface area is 121 Å². The van der Waals surface area contributed by atoms with Crippen molar-refractivity contribution in [3.8, 4) is 0 Å². The lowest BCUT2D eigenvalue weighted by Crippen LogP contribution is -2.40. The second-order valence-electron chi connectivity index (χ2n) is 5.47. The van der Waals surface area contributed by atoms with E-state index in [1.165, 1.54) is 19.4 Å². The predicted octanol–water partition coefficient (Wildman–Crippen LogP) is 1.80. The average Bonchev–Trinajstić information content (AvgIpc) is 2.92. The van der Waals surface area contributed by atoms with Gasteiger partial charge in [-0.25, -0.2) is 0 Å². The van der Waals surface area contributed by atoms with Crippen LogP contribution in [0.4, 0.5) is 5.69 Å². The van der Waals surface area contributed by atoms with Gasteiger partial charge in [-0.15, -0.1) is 0 Å². The Morgan fingerprint density at radius 2 is 2.15 bits per heavy atom. The van der Waals surface area contributed by atoms with E-state index in [0.717, 1.165) is 30.8 Å². The van der Waals surface area contributed by atoms with Crippen LogP contribution >= 0.6 is 0 Å². The number of likely N-dealkylation sites (tertiary alicyclic amines) is 1. The van der Waals surface area contributed by atoms with Crippen LogP contribution in [0, 0.1) is 0 Å². The highest BCUT2D eigenvalue weighted by atomic mass is 16.1. The lowest BCUT2D eigenvalue weighted by atomic mass is 10.1. The number of nitrogens with zero attached hydrogens (tertiary/aromatic N) is 1. The molecule has 1 aliphatic heterocycles. The molecule has 0 aromatic heterocycles. The molecule has 1 aromatic rings. The van der Waals surface area contributed by atoms with Gasteiger partial charge in [-0.1, -0.05) is 19.1 Å². The highest BCUT2D eigenvalue weighted by molar-refractivity contribution is 5.76. The summed E-state index contributed by atoms with van der Waals surface area (Å²) >= 11 is 0. The van der Waals surface area contributed by atoms with Crippen LogP contribution in [0.1, 0.15) is 31.7 Å². The number of amides is 1. The number of hydrogen-bond acceptors (Lipinski definition) is 3. The molecule has 1 saturated heterocycles. The molecule has 0 bridgehead atoms. The third kappa shape index (κ3) is 4.23. The maximum absolute atomic E-state index is 11.9. The van der Waals surface area contributed by atoms with Crippen molar-refractivity contribution in [1.29, 1.82) is 0 Å². The molecular formula is C16H25N3O. The number of nitrogen functional groups attached to an aromatic ring is 1. The summed E-state index contributed by atoms with van der Waals surface area (Å²) in [6.07, 6.45) is 3.77. The van der Waals surface area contributed by atoms with E-state index in [2.05, 4.69) is 17.1 Å². The third-order valence-electron chi connectivity index (χ3n) is 4.06. The van der Waals surface area contributed by atoms with Crippen LogP contribution in [0.25, 0.3) is 0 Å². The van der Waals surface area contributed by atoms with Gasteiger partial charge in [0.05, 0.1) is 0 Å². The van der Waals surface area contributed by atoms with Gasteiger partial charge in [0.15, 0.2) is 0 Å². The maximum atomic E-state index is 11.9. The van der Waals surface area contributed by atoms with Crippen LogP contribution in [-0.2, 0) is 11.2 Å². The second kappa shape index (κ2) is 7.29. The quantitative estimate of drug-likeness (QED) is 0.778. The first-order valence-electron chi connectivity index (χ1n) is 7.54. The van der Waals surface area contributed by atoms with E-state index in [1.807, 2.05) is 24.3 Å². The number of aryl methyl sites for hydroxylation is 1. The molecule has 1 aromatic carbocycles. The van der Waals surface area contributed by atoms with Crippen molar-refractivity contribution in [2.75, 3.05) is 25.4 Å². The van der Waals surface area contributed by atoms with Crippen molar-refractivity contribution in [2.45, 2.75) is 38.6 Å². The number of rotatable bonds is 6. The van der Waals surface area contributed by atoms with E-state index < -0.39 is 0 Å².